The number of carbonyl (C=O) groups excluding carboxylic acids is 1. The third-order valence-corrected chi connectivity index (χ3v) is 2.37. The van der Waals surface area contributed by atoms with Crippen molar-refractivity contribution in [2.45, 2.75) is 20.3 Å². The summed E-state index contributed by atoms with van der Waals surface area (Å²) in [6, 6.07) is 5.26. The summed E-state index contributed by atoms with van der Waals surface area (Å²) in [6.07, 6.45) is 0.788. The van der Waals surface area contributed by atoms with Crippen molar-refractivity contribution in [3.05, 3.63) is 29.6 Å². The first-order valence-corrected chi connectivity index (χ1v) is 5.77. The average molecular weight is 250 g/mol. The Bertz CT molecular complexity index is 445. The van der Waals surface area contributed by atoms with E-state index in [0.29, 0.717) is 12.2 Å². The van der Waals surface area contributed by atoms with Crippen molar-refractivity contribution >= 4 is 11.7 Å². The van der Waals surface area contributed by atoms with Gasteiger partial charge in [0, 0.05) is 12.2 Å². The SMILES string of the molecule is CCCN(CC(N)=NO)C(=O)c1cccc(C)n1. The summed E-state index contributed by atoms with van der Waals surface area (Å²) >= 11 is 0. The van der Waals surface area contributed by atoms with Crippen LogP contribution in [0, 0.1) is 6.92 Å². The molecule has 18 heavy (non-hydrogen) atoms. The lowest BCUT2D eigenvalue weighted by Gasteiger charge is -2.20. The van der Waals surface area contributed by atoms with E-state index in [2.05, 4.69) is 10.1 Å². The highest BCUT2D eigenvalue weighted by molar-refractivity contribution is 5.95. The molecule has 0 radical (unpaired) electrons. The third-order valence-electron chi connectivity index (χ3n) is 2.37. The highest BCUT2D eigenvalue weighted by Crippen LogP contribution is 2.04. The van der Waals surface area contributed by atoms with Gasteiger partial charge in [-0.1, -0.05) is 18.1 Å². The molecule has 98 valence electrons. The van der Waals surface area contributed by atoms with Gasteiger partial charge in [-0.05, 0) is 25.5 Å². The van der Waals surface area contributed by atoms with Crippen molar-refractivity contribution < 1.29 is 10.0 Å². The summed E-state index contributed by atoms with van der Waals surface area (Å²) in [5.41, 5.74) is 6.58. The standard InChI is InChI=1S/C12H18N4O2/c1-3-7-16(8-11(13)15-18)12(17)10-6-4-5-9(2)14-10/h4-6,18H,3,7-8H2,1-2H3,(H2,13,15). The first-order chi connectivity index (χ1) is 8.58. The number of nitrogens with zero attached hydrogens (tertiary/aromatic N) is 3. The van der Waals surface area contributed by atoms with Gasteiger partial charge in [-0.25, -0.2) is 4.98 Å². The Hall–Kier alpha value is -2.11. The summed E-state index contributed by atoms with van der Waals surface area (Å²) in [5.74, 6) is -0.211. The summed E-state index contributed by atoms with van der Waals surface area (Å²) in [6.45, 7) is 4.41. The van der Waals surface area contributed by atoms with Crippen LogP contribution in [0.4, 0.5) is 0 Å². The molecule has 1 heterocycles. The summed E-state index contributed by atoms with van der Waals surface area (Å²) < 4.78 is 0. The van der Waals surface area contributed by atoms with Crippen molar-refractivity contribution in [2.24, 2.45) is 10.9 Å². The van der Waals surface area contributed by atoms with Crippen LogP contribution in [0.3, 0.4) is 0 Å². The number of hydrogen-bond donors (Lipinski definition) is 2. The Morgan fingerprint density at radius 2 is 2.28 bits per heavy atom. The Balaban J connectivity index is 2.88. The number of hydrogen-bond acceptors (Lipinski definition) is 4. The Morgan fingerprint density at radius 3 is 2.83 bits per heavy atom. The Kier molecular flexibility index (Phi) is 5.10. The van der Waals surface area contributed by atoms with Gasteiger partial charge >= 0.3 is 0 Å². The Morgan fingerprint density at radius 1 is 1.56 bits per heavy atom. The van der Waals surface area contributed by atoms with Gasteiger partial charge in [-0.3, -0.25) is 4.79 Å². The third kappa shape index (κ3) is 3.73. The molecule has 6 heteroatoms. The highest BCUT2D eigenvalue weighted by Gasteiger charge is 2.17. The number of nitrogens with two attached hydrogens (primary N) is 1. The van der Waals surface area contributed by atoms with E-state index >= 15 is 0 Å². The Labute approximate surface area is 106 Å². The highest BCUT2D eigenvalue weighted by atomic mass is 16.4. The molecule has 0 atom stereocenters. The maximum atomic E-state index is 12.2. The number of oxime groups is 1. The fourth-order valence-electron chi connectivity index (χ4n) is 1.57. The van der Waals surface area contributed by atoms with Gasteiger partial charge in [0.2, 0.25) is 0 Å². The van der Waals surface area contributed by atoms with E-state index in [1.807, 2.05) is 19.9 Å². The van der Waals surface area contributed by atoms with Gasteiger partial charge in [0.05, 0.1) is 6.54 Å². The zero-order chi connectivity index (χ0) is 13.5. The zero-order valence-corrected chi connectivity index (χ0v) is 10.6. The first-order valence-electron chi connectivity index (χ1n) is 5.77. The second-order valence-electron chi connectivity index (χ2n) is 3.98. The molecule has 6 nitrogen and oxygen atoms in total. The largest absolute Gasteiger partial charge is 0.409 e. The van der Waals surface area contributed by atoms with E-state index in [-0.39, 0.29) is 18.3 Å². The van der Waals surface area contributed by atoms with Gasteiger partial charge in [0.1, 0.15) is 5.69 Å². The summed E-state index contributed by atoms with van der Waals surface area (Å²) in [4.78, 5) is 17.9. The van der Waals surface area contributed by atoms with Gasteiger partial charge in [0.15, 0.2) is 5.84 Å². The molecule has 0 aliphatic heterocycles. The maximum Gasteiger partial charge on any atom is 0.272 e. The lowest BCUT2D eigenvalue weighted by atomic mass is 10.2. The van der Waals surface area contributed by atoms with Crippen molar-refractivity contribution in [1.29, 1.82) is 0 Å². The van der Waals surface area contributed by atoms with Crippen LogP contribution >= 0.6 is 0 Å². The monoisotopic (exact) mass is 250 g/mol. The lowest BCUT2D eigenvalue weighted by Crippen LogP contribution is -2.39. The molecule has 0 saturated carbocycles. The number of aromatic nitrogens is 1. The minimum Gasteiger partial charge on any atom is -0.409 e. The molecule has 3 N–H and O–H groups in total. The first kappa shape index (κ1) is 14.0. The number of aryl methyl sites for hydroxylation is 1. The summed E-state index contributed by atoms with van der Waals surface area (Å²) in [5, 5.41) is 11.4. The predicted molar refractivity (Wildman–Crippen MR) is 68.6 cm³/mol. The number of amides is 1. The molecule has 0 spiro atoms. The molecule has 1 amide bonds. The molecular weight excluding hydrogens is 232 g/mol. The van der Waals surface area contributed by atoms with Gasteiger partial charge in [0.25, 0.3) is 5.91 Å². The minimum absolute atomic E-state index is 0.00412. The number of rotatable bonds is 5. The van der Waals surface area contributed by atoms with E-state index in [1.54, 1.807) is 12.1 Å². The molecule has 0 aromatic carbocycles. The fraction of sp³-hybridized carbons (Fsp3) is 0.417. The van der Waals surface area contributed by atoms with Crippen LogP contribution in [0.25, 0.3) is 0 Å². The molecule has 0 aliphatic carbocycles. The van der Waals surface area contributed by atoms with Crippen LogP contribution in [0.1, 0.15) is 29.5 Å². The summed E-state index contributed by atoms with van der Waals surface area (Å²) in [7, 11) is 0. The van der Waals surface area contributed by atoms with Gasteiger partial charge in [-0.15, -0.1) is 0 Å². The van der Waals surface area contributed by atoms with Crippen LogP contribution in [-0.4, -0.2) is 39.9 Å². The number of amidine groups is 1. The second kappa shape index (κ2) is 6.58. The van der Waals surface area contributed by atoms with Crippen LogP contribution in [-0.2, 0) is 0 Å². The number of carbonyl (C=O) groups is 1. The van der Waals surface area contributed by atoms with Crippen LogP contribution in [0.15, 0.2) is 23.4 Å². The van der Waals surface area contributed by atoms with Gasteiger partial charge in [-0.2, -0.15) is 0 Å². The van der Waals surface area contributed by atoms with Crippen molar-refractivity contribution in [3.8, 4) is 0 Å². The average Bonchev–Trinajstić information content (AvgIpc) is 2.37. The van der Waals surface area contributed by atoms with E-state index in [4.69, 9.17) is 10.9 Å². The topological polar surface area (TPSA) is 91.8 Å². The molecular formula is C12H18N4O2. The zero-order valence-electron chi connectivity index (χ0n) is 10.6. The normalized spacial score (nSPS) is 11.3. The van der Waals surface area contributed by atoms with Crippen molar-refractivity contribution in [2.75, 3.05) is 13.1 Å². The molecule has 1 aromatic rings. The molecule has 0 fully saturated rings. The smallest absolute Gasteiger partial charge is 0.272 e. The molecule has 1 rings (SSSR count). The molecule has 0 bridgehead atoms. The van der Waals surface area contributed by atoms with Crippen LogP contribution < -0.4 is 5.73 Å². The second-order valence-corrected chi connectivity index (χ2v) is 3.98. The quantitative estimate of drug-likeness (QED) is 0.353. The molecule has 0 saturated heterocycles. The molecule has 0 unspecified atom stereocenters. The maximum absolute atomic E-state index is 12.2. The van der Waals surface area contributed by atoms with E-state index in [1.165, 1.54) is 4.90 Å². The predicted octanol–water partition coefficient (Wildman–Crippen LogP) is 0.989. The fourth-order valence-corrected chi connectivity index (χ4v) is 1.57. The van der Waals surface area contributed by atoms with Crippen molar-refractivity contribution in [3.63, 3.8) is 0 Å². The molecule has 0 aliphatic rings. The minimum atomic E-state index is -0.216. The van der Waals surface area contributed by atoms with Gasteiger partial charge < -0.3 is 15.8 Å². The van der Waals surface area contributed by atoms with E-state index < -0.39 is 0 Å². The van der Waals surface area contributed by atoms with E-state index in [0.717, 1.165) is 12.1 Å². The van der Waals surface area contributed by atoms with Crippen LogP contribution in [0.5, 0.6) is 0 Å². The number of pyridine rings is 1. The van der Waals surface area contributed by atoms with Crippen LogP contribution in [0.2, 0.25) is 0 Å². The van der Waals surface area contributed by atoms with E-state index in [9.17, 15) is 4.79 Å². The molecule has 1 aromatic heterocycles. The van der Waals surface area contributed by atoms with Crippen molar-refractivity contribution in [1.82, 2.24) is 9.88 Å². The lowest BCUT2D eigenvalue weighted by molar-refractivity contribution is 0.0772.